The van der Waals surface area contributed by atoms with Crippen molar-refractivity contribution in [3.8, 4) is 0 Å². The van der Waals surface area contributed by atoms with Gasteiger partial charge in [0.1, 0.15) is 5.69 Å². The number of likely N-dealkylation sites (tertiary alicyclic amines) is 1. The Balaban J connectivity index is 1.88. The highest BCUT2D eigenvalue weighted by Gasteiger charge is 2.37. The zero-order valence-corrected chi connectivity index (χ0v) is 15.3. The van der Waals surface area contributed by atoms with Gasteiger partial charge in [-0.25, -0.2) is 0 Å². The highest BCUT2D eigenvalue weighted by molar-refractivity contribution is 5.92. The summed E-state index contributed by atoms with van der Waals surface area (Å²) in [5.41, 5.74) is -0.236. The van der Waals surface area contributed by atoms with Crippen molar-refractivity contribution in [3.63, 3.8) is 0 Å². The second kappa shape index (κ2) is 7.67. The number of hydrogen-bond acceptors (Lipinski definition) is 4. The molecule has 1 aliphatic heterocycles. The van der Waals surface area contributed by atoms with Crippen LogP contribution in [0.3, 0.4) is 0 Å². The third kappa shape index (κ3) is 4.47. The number of aromatic nitrogens is 3. The number of rotatable bonds is 4. The number of hydrogen-bond donors (Lipinski definition) is 0. The Morgan fingerprint density at radius 1 is 1.22 bits per heavy atom. The van der Waals surface area contributed by atoms with Crippen LogP contribution in [-0.2, 0) is 19.8 Å². The third-order valence-electron chi connectivity index (χ3n) is 4.88. The largest absolute Gasteiger partial charge is 0.433 e. The lowest BCUT2D eigenvalue weighted by Crippen LogP contribution is -2.46. The number of carbonyl (C=O) groups is 1. The van der Waals surface area contributed by atoms with Crippen LogP contribution in [-0.4, -0.2) is 56.7 Å². The summed E-state index contributed by atoms with van der Waals surface area (Å²) < 4.78 is 39.9. The molecule has 0 N–H and O–H groups in total. The smallest absolute Gasteiger partial charge is 0.330 e. The first-order valence-corrected chi connectivity index (χ1v) is 8.75. The summed E-state index contributed by atoms with van der Waals surface area (Å²) in [5.74, 6) is -0.479. The quantitative estimate of drug-likeness (QED) is 0.817. The second-order valence-corrected chi connectivity index (χ2v) is 6.86. The van der Waals surface area contributed by atoms with E-state index in [1.807, 2.05) is 7.05 Å². The molecule has 1 saturated heterocycles. The Kier molecular flexibility index (Phi) is 5.50. The summed E-state index contributed by atoms with van der Waals surface area (Å²) in [6.07, 6.45) is 0.257. The Hall–Kier alpha value is -2.42. The van der Waals surface area contributed by atoms with E-state index in [9.17, 15) is 18.0 Å². The zero-order valence-electron chi connectivity index (χ0n) is 15.3. The topological polar surface area (TPSA) is 54.3 Å². The number of pyridine rings is 1. The predicted octanol–water partition coefficient (Wildman–Crippen LogP) is 2.57. The molecule has 6 nitrogen and oxygen atoms in total. The molecule has 0 aliphatic carbocycles. The van der Waals surface area contributed by atoms with Gasteiger partial charge in [-0.2, -0.15) is 18.3 Å². The summed E-state index contributed by atoms with van der Waals surface area (Å²) in [5, 5.41) is 3.83. The van der Waals surface area contributed by atoms with Crippen LogP contribution >= 0.6 is 0 Å². The minimum atomic E-state index is -4.55. The minimum Gasteiger partial charge on any atom is -0.330 e. The van der Waals surface area contributed by atoms with Crippen molar-refractivity contribution in [2.45, 2.75) is 31.6 Å². The molecule has 1 amide bonds. The molecule has 0 aromatic carbocycles. The molecule has 1 aliphatic rings. The molecule has 0 atom stereocenters. The van der Waals surface area contributed by atoms with Crippen LogP contribution in [0.5, 0.6) is 0 Å². The van der Waals surface area contributed by atoms with Crippen molar-refractivity contribution in [2.75, 3.05) is 20.1 Å². The zero-order chi connectivity index (χ0) is 19.6. The van der Waals surface area contributed by atoms with E-state index in [-0.39, 0.29) is 11.7 Å². The van der Waals surface area contributed by atoms with Gasteiger partial charge in [0, 0.05) is 38.1 Å². The maximum atomic E-state index is 13.1. The van der Waals surface area contributed by atoms with E-state index in [1.165, 1.54) is 7.05 Å². The average Bonchev–Trinajstić information content (AvgIpc) is 3.03. The van der Waals surface area contributed by atoms with E-state index >= 15 is 0 Å². The molecule has 0 spiro atoms. The van der Waals surface area contributed by atoms with E-state index in [0.29, 0.717) is 11.2 Å². The van der Waals surface area contributed by atoms with Gasteiger partial charge in [-0.15, -0.1) is 0 Å². The fourth-order valence-corrected chi connectivity index (χ4v) is 3.34. The lowest BCUT2D eigenvalue weighted by atomic mass is 10.0. The van der Waals surface area contributed by atoms with Gasteiger partial charge in [0.15, 0.2) is 5.69 Å². The van der Waals surface area contributed by atoms with Crippen LogP contribution in [0.1, 0.15) is 34.6 Å². The van der Waals surface area contributed by atoms with Gasteiger partial charge in [0.05, 0.1) is 0 Å². The van der Waals surface area contributed by atoms with Crippen LogP contribution in [0.25, 0.3) is 0 Å². The fraction of sp³-hybridized carbons (Fsp3) is 0.500. The van der Waals surface area contributed by atoms with Crippen LogP contribution in [0.2, 0.25) is 0 Å². The fourth-order valence-electron chi connectivity index (χ4n) is 3.34. The molecule has 1 fully saturated rings. The van der Waals surface area contributed by atoms with Gasteiger partial charge in [0.2, 0.25) is 0 Å². The first kappa shape index (κ1) is 19.3. The first-order chi connectivity index (χ1) is 12.8. The van der Waals surface area contributed by atoms with Gasteiger partial charge >= 0.3 is 6.18 Å². The summed E-state index contributed by atoms with van der Waals surface area (Å²) in [6.45, 7) is 1.98. The van der Waals surface area contributed by atoms with Crippen LogP contribution in [0, 0.1) is 0 Å². The number of carbonyl (C=O) groups excluding carboxylic acids is 1. The molecule has 0 unspecified atom stereocenters. The molecule has 2 aromatic rings. The summed E-state index contributed by atoms with van der Waals surface area (Å²) in [7, 11) is 3.21. The van der Waals surface area contributed by atoms with E-state index < -0.39 is 17.8 Å². The molecular weight excluding hydrogens is 359 g/mol. The molecule has 0 saturated carbocycles. The normalized spacial score (nSPS) is 16.5. The first-order valence-electron chi connectivity index (χ1n) is 8.75. The molecule has 2 aromatic heterocycles. The van der Waals surface area contributed by atoms with Crippen molar-refractivity contribution < 1.29 is 18.0 Å². The molecule has 146 valence electrons. The van der Waals surface area contributed by atoms with Crippen molar-refractivity contribution in [2.24, 2.45) is 7.05 Å². The Morgan fingerprint density at radius 3 is 2.41 bits per heavy atom. The Bertz CT molecular complexity index is 782. The molecule has 3 rings (SSSR count). The van der Waals surface area contributed by atoms with Crippen molar-refractivity contribution in [1.29, 1.82) is 0 Å². The molecular formula is C18H22F3N5O. The van der Waals surface area contributed by atoms with E-state index in [4.69, 9.17) is 0 Å². The lowest BCUT2D eigenvalue weighted by Gasteiger charge is -2.37. The number of amides is 1. The number of piperidine rings is 1. The SMILES string of the molecule is CN1CCC(N(Cc2ccncc2)C(=O)c2cc(C(F)(F)F)n(C)n2)CC1. The van der Waals surface area contributed by atoms with Gasteiger partial charge in [-0.3, -0.25) is 14.5 Å². The summed E-state index contributed by atoms with van der Waals surface area (Å²) in [4.78, 5) is 20.9. The number of nitrogens with zero attached hydrogens (tertiary/aromatic N) is 5. The van der Waals surface area contributed by atoms with Gasteiger partial charge < -0.3 is 9.80 Å². The molecule has 9 heteroatoms. The van der Waals surface area contributed by atoms with Gasteiger partial charge in [-0.1, -0.05) is 0 Å². The summed E-state index contributed by atoms with van der Waals surface area (Å²) in [6, 6.07) is 4.39. The van der Waals surface area contributed by atoms with Gasteiger partial charge in [-0.05, 0) is 50.7 Å². The molecule has 3 heterocycles. The highest BCUT2D eigenvalue weighted by atomic mass is 19.4. The number of alkyl halides is 3. The predicted molar refractivity (Wildman–Crippen MR) is 92.8 cm³/mol. The van der Waals surface area contributed by atoms with E-state index in [0.717, 1.165) is 37.6 Å². The highest BCUT2D eigenvalue weighted by Crippen LogP contribution is 2.30. The maximum absolute atomic E-state index is 13.1. The van der Waals surface area contributed by atoms with Gasteiger partial charge in [0.25, 0.3) is 5.91 Å². The minimum absolute atomic E-state index is 0.0433. The van der Waals surface area contributed by atoms with Crippen LogP contribution in [0.15, 0.2) is 30.6 Å². The van der Waals surface area contributed by atoms with Crippen LogP contribution in [0.4, 0.5) is 13.2 Å². The Morgan fingerprint density at radius 2 is 1.85 bits per heavy atom. The van der Waals surface area contributed by atoms with Crippen LogP contribution < -0.4 is 0 Å². The third-order valence-corrected chi connectivity index (χ3v) is 4.88. The van der Waals surface area contributed by atoms with Crippen molar-refractivity contribution in [1.82, 2.24) is 24.6 Å². The standard InChI is InChI=1S/C18H22F3N5O/c1-24-9-5-14(6-10-24)26(12-13-3-7-22-8-4-13)17(27)15-11-16(18(19,20)21)25(2)23-15/h3-4,7-8,11,14H,5-6,9-10,12H2,1-2H3. The van der Waals surface area contributed by atoms with Crippen molar-refractivity contribution in [3.05, 3.63) is 47.5 Å². The lowest BCUT2D eigenvalue weighted by molar-refractivity contribution is -0.143. The number of halogens is 3. The molecule has 0 bridgehead atoms. The maximum Gasteiger partial charge on any atom is 0.433 e. The molecule has 27 heavy (non-hydrogen) atoms. The van der Waals surface area contributed by atoms with E-state index in [2.05, 4.69) is 15.0 Å². The van der Waals surface area contributed by atoms with E-state index in [1.54, 1.807) is 29.4 Å². The average molecular weight is 381 g/mol. The summed E-state index contributed by atoms with van der Waals surface area (Å²) >= 11 is 0. The molecule has 0 radical (unpaired) electrons. The Labute approximate surface area is 155 Å². The van der Waals surface area contributed by atoms with Crippen molar-refractivity contribution >= 4 is 5.91 Å². The second-order valence-electron chi connectivity index (χ2n) is 6.86. The monoisotopic (exact) mass is 381 g/mol. The number of aryl methyl sites for hydroxylation is 1.